The van der Waals surface area contributed by atoms with Crippen molar-refractivity contribution in [2.75, 3.05) is 6.54 Å². The van der Waals surface area contributed by atoms with Crippen molar-refractivity contribution in [3.63, 3.8) is 0 Å². The molecule has 0 aliphatic carbocycles. The van der Waals surface area contributed by atoms with Crippen LogP contribution in [0.15, 0.2) is 42.5 Å². The highest BCUT2D eigenvalue weighted by molar-refractivity contribution is 6.43. The van der Waals surface area contributed by atoms with E-state index in [1.165, 1.54) is 12.1 Å². The molecule has 0 aromatic heterocycles. The summed E-state index contributed by atoms with van der Waals surface area (Å²) in [5.41, 5.74) is -0.584. The molecule has 1 saturated heterocycles. The zero-order valence-electron chi connectivity index (χ0n) is 14.7. The van der Waals surface area contributed by atoms with Crippen molar-refractivity contribution in [3.8, 4) is 5.75 Å². The minimum atomic E-state index is -1.22. The van der Waals surface area contributed by atoms with E-state index in [0.717, 1.165) is 4.90 Å². The molecule has 1 aliphatic heterocycles. The van der Waals surface area contributed by atoms with Crippen molar-refractivity contribution < 1.29 is 19.1 Å². The monoisotopic (exact) mass is 440 g/mol. The van der Waals surface area contributed by atoms with E-state index < -0.39 is 30.0 Å². The number of esters is 1. The normalized spacial score (nSPS) is 18.9. The molecule has 0 bridgehead atoms. The minimum Gasteiger partial charge on any atom is -0.424 e. The number of nitrogens with one attached hydrogen (secondary N) is 1. The maximum Gasteiger partial charge on any atom is 0.331 e. The second-order valence-corrected chi connectivity index (χ2v) is 7.34. The molecule has 146 valence electrons. The summed E-state index contributed by atoms with van der Waals surface area (Å²) >= 11 is 17.7. The Morgan fingerprint density at radius 2 is 1.71 bits per heavy atom. The predicted octanol–water partition coefficient (Wildman–Crippen LogP) is 4.41. The van der Waals surface area contributed by atoms with Crippen molar-refractivity contribution >= 4 is 52.7 Å². The Kier molecular flexibility index (Phi) is 5.84. The van der Waals surface area contributed by atoms with Crippen LogP contribution in [0.1, 0.15) is 18.9 Å². The number of carbonyl (C=O) groups excluding carboxylic acids is 3. The fourth-order valence-electron chi connectivity index (χ4n) is 3.00. The number of carbonyl (C=O) groups is 3. The fraction of sp³-hybridized carbons (Fsp3) is 0.211. The number of benzene rings is 2. The summed E-state index contributed by atoms with van der Waals surface area (Å²) in [6.07, 6.45) is 0.325. The summed E-state index contributed by atoms with van der Waals surface area (Å²) in [5.74, 6) is -1.38. The summed E-state index contributed by atoms with van der Waals surface area (Å²) in [6.45, 7) is 1.21. The Balaban J connectivity index is 1.79. The van der Waals surface area contributed by atoms with Crippen LogP contribution < -0.4 is 10.1 Å². The van der Waals surface area contributed by atoms with Crippen LogP contribution >= 0.6 is 34.8 Å². The minimum absolute atomic E-state index is 0.0158. The largest absolute Gasteiger partial charge is 0.424 e. The molecule has 0 radical (unpaired) electrons. The second-order valence-electron chi connectivity index (χ2n) is 6.12. The van der Waals surface area contributed by atoms with Gasteiger partial charge in [0.2, 0.25) is 0 Å². The van der Waals surface area contributed by atoms with Crippen LogP contribution in [0, 0.1) is 0 Å². The number of ether oxygens (including phenoxy) is 1. The summed E-state index contributed by atoms with van der Waals surface area (Å²) in [4.78, 5) is 38.5. The number of rotatable bonds is 5. The molecule has 28 heavy (non-hydrogen) atoms. The number of nitrogens with zero attached hydrogens (tertiary/aromatic N) is 1. The lowest BCUT2D eigenvalue weighted by Crippen LogP contribution is -2.44. The standard InChI is InChI=1S/C19H15Cl3N2O4/c1-2-19(11-6-4-3-5-7-11)17(26)24(18(27)23-19)10-16(25)28-15-9-13(21)12(20)8-14(15)22/h3-9H,2,10H2,1H3,(H,23,27)/t19-/m1/s1. The molecule has 1 N–H and O–H groups in total. The number of hydrogen-bond acceptors (Lipinski definition) is 4. The van der Waals surface area contributed by atoms with E-state index in [1.54, 1.807) is 31.2 Å². The molecular formula is C19H15Cl3N2O4. The van der Waals surface area contributed by atoms with Gasteiger partial charge in [-0.3, -0.25) is 9.69 Å². The lowest BCUT2D eigenvalue weighted by atomic mass is 9.87. The van der Waals surface area contributed by atoms with Crippen LogP contribution in [-0.4, -0.2) is 29.4 Å². The van der Waals surface area contributed by atoms with Crippen molar-refractivity contribution in [3.05, 3.63) is 63.1 Å². The Labute approximate surface area is 176 Å². The van der Waals surface area contributed by atoms with Crippen LogP contribution in [0.5, 0.6) is 5.75 Å². The lowest BCUT2D eigenvalue weighted by Gasteiger charge is -2.25. The number of amides is 3. The van der Waals surface area contributed by atoms with Crippen molar-refractivity contribution in [2.24, 2.45) is 0 Å². The topological polar surface area (TPSA) is 75.7 Å². The third-order valence-electron chi connectivity index (χ3n) is 4.46. The summed E-state index contributed by atoms with van der Waals surface area (Å²) in [5, 5.41) is 3.13. The zero-order valence-corrected chi connectivity index (χ0v) is 16.9. The molecule has 2 aromatic carbocycles. The average molecular weight is 442 g/mol. The highest BCUT2D eigenvalue weighted by atomic mass is 35.5. The molecular weight excluding hydrogens is 427 g/mol. The maximum absolute atomic E-state index is 13.0. The molecule has 1 heterocycles. The van der Waals surface area contributed by atoms with Gasteiger partial charge >= 0.3 is 12.0 Å². The Hall–Kier alpha value is -2.28. The molecule has 3 amide bonds. The molecule has 1 fully saturated rings. The van der Waals surface area contributed by atoms with Gasteiger partial charge < -0.3 is 10.1 Å². The number of urea groups is 1. The zero-order chi connectivity index (χ0) is 20.5. The van der Waals surface area contributed by atoms with Gasteiger partial charge in [0.25, 0.3) is 5.91 Å². The van der Waals surface area contributed by atoms with E-state index in [-0.39, 0.29) is 20.8 Å². The van der Waals surface area contributed by atoms with Crippen LogP contribution in [0.2, 0.25) is 15.1 Å². The van der Waals surface area contributed by atoms with Crippen LogP contribution in [0.4, 0.5) is 4.79 Å². The number of hydrogen-bond donors (Lipinski definition) is 1. The van der Waals surface area contributed by atoms with Crippen LogP contribution in [0.3, 0.4) is 0 Å². The molecule has 9 heteroatoms. The first kappa shape index (κ1) is 20.5. The summed E-state index contributed by atoms with van der Waals surface area (Å²) in [6, 6.07) is 10.8. The third kappa shape index (κ3) is 3.68. The molecule has 1 aliphatic rings. The van der Waals surface area contributed by atoms with Crippen LogP contribution in [0.25, 0.3) is 0 Å². The summed E-state index contributed by atoms with van der Waals surface area (Å²) < 4.78 is 5.16. The maximum atomic E-state index is 13.0. The van der Waals surface area contributed by atoms with Gasteiger partial charge in [0.05, 0.1) is 15.1 Å². The molecule has 0 spiro atoms. The Bertz CT molecular complexity index is 952. The smallest absolute Gasteiger partial charge is 0.331 e. The van der Waals surface area contributed by atoms with Gasteiger partial charge in [-0.25, -0.2) is 9.59 Å². The van der Waals surface area contributed by atoms with E-state index >= 15 is 0 Å². The van der Waals surface area contributed by atoms with Crippen molar-refractivity contribution in [2.45, 2.75) is 18.9 Å². The van der Waals surface area contributed by atoms with Gasteiger partial charge in [-0.1, -0.05) is 72.1 Å². The molecule has 0 unspecified atom stereocenters. The first-order chi connectivity index (χ1) is 13.3. The van der Waals surface area contributed by atoms with Crippen LogP contribution in [-0.2, 0) is 15.1 Å². The van der Waals surface area contributed by atoms with Gasteiger partial charge in [-0.05, 0) is 18.1 Å². The van der Waals surface area contributed by atoms with Gasteiger partial charge in [-0.2, -0.15) is 0 Å². The van der Waals surface area contributed by atoms with Gasteiger partial charge in [0.1, 0.15) is 12.1 Å². The SMILES string of the molecule is CC[C@]1(c2ccccc2)NC(=O)N(CC(=O)Oc2cc(Cl)c(Cl)cc2Cl)C1=O. The van der Waals surface area contributed by atoms with E-state index in [0.29, 0.717) is 12.0 Å². The summed E-state index contributed by atoms with van der Waals surface area (Å²) in [7, 11) is 0. The highest BCUT2D eigenvalue weighted by Crippen LogP contribution is 2.35. The molecule has 6 nitrogen and oxygen atoms in total. The quantitative estimate of drug-likeness (QED) is 0.323. The molecule has 3 rings (SSSR count). The molecule has 0 saturated carbocycles. The van der Waals surface area contributed by atoms with Gasteiger partial charge in [0, 0.05) is 6.07 Å². The number of halogens is 3. The Morgan fingerprint density at radius 1 is 1.07 bits per heavy atom. The molecule has 1 atom stereocenters. The Morgan fingerprint density at radius 3 is 2.36 bits per heavy atom. The highest BCUT2D eigenvalue weighted by Gasteiger charge is 2.51. The van der Waals surface area contributed by atoms with E-state index in [9.17, 15) is 14.4 Å². The average Bonchev–Trinajstić information content (AvgIpc) is 2.92. The lowest BCUT2D eigenvalue weighted by molar-refractivity contribution is -0.141. The fourth-order valence-corrected chi connectivity index (χ4v) is 3.57. The van der Waals surface area contributed by atoms with Gasteiger partial charge in [0.15, 0.2) is 5.75 Å². The van der Waals surface area contributed by atoms with E-state index in [1.807, 2.05) is 6.07 Å². The first-order valence-electron chi connectivity index (χ1n) is 8.33. The van der Waals surface area contributed by atoms with Crippen molar-refractivity contribution in [1.29, 1.82) is 0 Å². The third-order valence-corrected chi connectivity index (χ3v) is 5.48. The second kappa shape index (κ2) is 7.99. The van der Waals surface area contributed by atoms with E-state index in [2.05, 4.69) is 5.32 Å². The molecule has 2 aromatic rings. The number of imide groups is 1. The predicted molar refractivity (Wildman–Crippen MR) is 106 cm³/mol. The van der Waals surface area contributed by atoms with Crippen molar-refractivity contribution in [1.82, 2.24) is 10.2 Å². The van der Waals surface area contributed by atoms with E-state index in [4.69, 9.17) is 39.5 Å². The first-order valence-corrected chi connectivity index (χ1v) is 9.46. The van der Waals surface area contributed by atoms with Gasteiger partial charge in [-0.15, -0.1) is 0 Å².